The fraction of sp³-hybridized carbons (Fsp3) is 0.385. The van der Waals surface area contributed by atoms with Gasteiger partial charge in [-0.05, 0) is 30.0 Å². The fourth-order valence-electron chi connectivity index (χ4n) is 1.61. The van der Waals surface area contributed by atoms with Crippen molar-refractivity contribution in [1.82, 2.24) is 0 Å². The van der Waals surface area contributed by atoms with Crippen LogP contribution in [-0.2, 0) is 9.47 Å². The lowest BCUT2D eigenvalue weighted by Gasteiger charge is -2.26. The van der Waals surface area contributed by atoms with Gasteiger partial charge in [-0.3, -0.25) is 0 Å². The average Bonchev–Trinajstić information content (AvgIpc) is 2.36. The largest absolute Gasteiger partial charge is 0.348 e. The van der Waals surface area contributed by atoms with E-state index in [1.165, 1.54) is 12.1 Å². The molecule has 1 aliphatic heterocycles. The van der Waals surface area contributed by atoms with E-state index in [2.05, 4.69) is 0 Å². The van der Waals surface area contributed by atoms with Crippen LogP contribution in [0.15, 0.2) is 24.3 Å². The van der Waals surface area contributed by atoms with Crippen molar-refractivity contribution in [3.05, 3.63) is 41.5 Å². The Morgan fingerprint density at radius 2 is 1.78 bits per heavy atom. The smallest absolute Gasteiger partial charge is 0.177 e. The minimum Gasteiger partial charge on any atom is -0.348 e. The van der Waals surface area contributed by atoms with Gasteiger partial charge in [0.05, 0.1) is 18.5 Å². The highest BCUT2D eigenvalue weighted by atomic mass is 32.2. The molecule has 1 aromatic rings. The molecule has 5 heteroatoms. The summed E-state index contributed by atoms with van der Waals surface area (Å²) in [6.07, 6.45) is 4.81. The van der Waals surface area contributed by atoms with Gasteiger partial charge in [0, 0.05) is 6.07 Å². The number of hydrogen-bond donors (Lipinski definition) is 0. The van der Waals surface area contributed by atoms with Crippen LogP contribution >= 0.6 is 11.8 Å². The summed E-state index contributed by atoms with van der Waals surface area (Å²) >= 11 is 1.69. The molecule has 0 aliphatic carbocycles. The predicted molar refractivity (Wildman–Crippen MR) is 68.4 cm³/mol. The van der Waals surface area contributed by atoms with Crippen LogP contribution in [0, 0.1) is 11.6 Å². The van der Waals surface area contributed by atoms with E-state index in [1.807, 2.05) is 6.26 Å². The Morgan fingerprint density at radius 3 is 2.33 bits per heavy atom. The third-order valence-electron chi connectivity index (χ3n) is 2.56. The SMILES string of the molecule is CSC1COC(C=Cc2cc(F)cc(F)c2)OC1. The van der Waals surface area contributed by atoms with E-state index < -0.39 is 17.9 Å². The summed E-state index contributed by atoms with van der Waals surface area (Å²) in [5, 5.41) is 0.348. The molecule has 2 nitrogen and oxygen atoms in total. The zero-order chi connectivity index (χ0) is 13.0. The second-order valence-electron chi connectivity index (χ2n) is 3.95. The normalized spacial score (nSPS) is 24.6. The standard InChI is InChI=1S/C13H14F2O2S/c1-18-12-7-16-13(17-8-12)3-2-9-4-10(14)6-11(15)5-9/h2-6,12-13H,7-8H2,1H3. The van der Waals surface area contributed by atoms with E-state index in [9.17, 15) is 8.78 Å². The van der Waals surface area contributed by atoms with Gasteiger partial charge in [0.15, 0.2) is 6.29 Å². The summed E-state index contributed by atoms with van der Waals surface area (Å²) < 4.78 is 36.8. The van der Waals surface area contributed by atoms with Crippen molar-refractivity contribution in [2.24, 2.45) is 0 Å². The summed E-state index contributed by atoms with van der Waals surface area (Å²) in [5.74, 6) is -1.19. The molecule has 0 spiro atoms. The van der Waals surface area contributed by atoms with Crippen molar-refractivity contribution in [2.45, 2.75) is 11.5 Å². The molecule has 1 heterocycles. The van der Waals surface area contributed by atoms with Crippen LogP contribution in [-0.4, -0.2) is 31.0 Å². The van der Waals surface area contributed by atoms with Crippen molar-refractivity contribution in [3.63, 3.8) is 0 Å². The topological polar surface area (TPSA) is 18.5 Å². The maximum Gasteiger partial charge on any atom is 0.177 e. The molecule has 0 unspecified atom stereocenters. The first-order valence-electron chi connectivity index (χ1n) is 5.57. The molecule has 0 saturated carbocycles. The fourth-order valence-corrected chi connectivity index (χ4v) is 2.04. The highest BCUT2D eigenvalue weighted by Crippen LogP contribution is 2.17. The van der Waals surface area contributed by atoms with Crippen LogP contribution < -0.4 is 0 Å². The molecule has 1 fully saturated rings. The van der Waals surface area contributed by atoms with Crippen molar-refractivity contribution in [1.29, 1.82) is 0 Å². The lowest BCUT2D eigenvalue weighted by Crippen LogP contribution is -2.32. The van der Waals surface area contributed by atoms with Gasteiger partial charge >= 0.3 is 0 Å². The molecule has 0 atom stereocenters. The first kappa shape index (κ1) is 13.5. The number of thioether (sulfide) groups is 1. The highest BCUT2D eigenvalue weighted by molar-refractivity contribution is 7.99. The molecule has 1 saturated heterocycles. The molecule has 0 N–H and O–H groups in total. The average molecular weight is 272 g/mol. The summed E-state index contributed by atoms with van der Waals surface area (Å²) in [6.45, 7) is 1.24. The molecule has 0 bridgehead atoms. The third kappa shape index (κ3) is 3.80. The van der Waals surface area contributed by atoms with Crippen LogP contribution in [0.5, 0.6) is 0 Å². The van der Waals surface area contributed by atoms with Gasteiger partial charge < -0.3 is 9.47 Å². The van der Waals surface area contributed by atoms with Crippen LogP contribution in [0.25, 0.3) is 6.08 Å². The number of benzene rings is 1. The van der Waals surface area contributed by atoms with Crippen LogP contribution in [0.1, 0.15) is 5.56 Å². The summed E-state index contributed by atoms with van der Waals surface area (Å²) in [6, 6.07) is 3.36. The van der Waals surface area contributed by atoms with Crippen LogP contribution in [0.3, 0.4) is 0 Å². The maximum absolute atomic E-state index is 13.0. The lowest BCUT2D eigenvalue weighted by molar-refractivity contribution is -0.145. The van der Waals surface area contributed by atoms with Gasteiger partial charge in [-0.15, -0.1) is 0 Å². The molecule has 98 valence electrons. The van der Waals surface area contributed by atoms with Gasteiger partial charge in [-0.25, -0.2) is 8.78 Å². The van der Waals surface area contributed by atoms with Crippen molar-refractivity contribution < 1.29 is 18.3 Å². The first-order valence-corrected chi connectivity index (χ1v) is 6.86. The van der Waals surface area contributed by atoms with Crippen molar-refractivity contribution in [2.75, 3.05) is 19.5 Å². The van der Waals surface area contributed by atoms with Gasteiger partial charge in [0.25, 0.3) is 0 Å². The first-order chi connectivity index (χ1) is 8.67. The zero-order valence-corrected chi connectivity index (χ0v) is 10.8. The minimum atomic E-state index is -0.595. The second kappa shape index (κ2) is 6.31. The second-order valence-corrected chi connectivity index (χ2v) is 5.09. The van der Waals surface area contributed by atoms with E-state index in [0.717, 1.165) is 6.07 Å². The van der Waals surface area contributed by atoms with E-state index >= 15 is 0 Å². The van der Waals surface area contributed by atoms with Crippen LogP contribution in [0.2, 0.25) is 0 Å². The molecule has 1 aliphatic rings. The number of ether oxygens (including phenoxy) is 2. The molecule has 0 amide bonds. The summed E-state index contributed by atoms with van der Waals surface area (Å²) in [4.78, 5) is 0. The van der Waals surface area contributed by atoms with E-state index in [0.29, 0.717) is 24.0 Å². The summed E-state index contributed by atoms with van der Waals surface area (Å²) in [7, 11) is 0. The number of halogens is 2. The Kier molecular flexibility index (Phi) is 4.74. The number of hydrogen-bond acceptors (Lipinski definition) is 3. The quantitative estimate of drug-likeness (QED) is 0.842. The predicted octanol–water partition coefficient (Wildman–Crippen LogP) is 3.08. The molecule has 0 aromatic heterocycles. The van der Waals surface area contributed by atoms with Crippen molar-refractivity contribution in [3.8, 4) is 0 Å². The van der Waals surface area contributed by atoms with Gasteiger partial charge in [0.1, 0.15) is 11.6 Å². The zero-order valence-electron chi connectivity index (χ0n) is 9.94. The van der Waals surface area contributed by atoms with Gasteiger partial charge in [0.2, 0.25) is 0 Å². The van der Waals surface area contributed by atoms with E-state index in [-0.39, 0.29) is 0 Å². The van der Waals surface area contributed by atoms with Gasteiger partial charge in [-0.2, -0.15) is 11.8 Å². The maximum atomic E-state index is 13.0. The molecule has 0 radical (unpaired) electrons. The Balaban J connectivity index is 1.95. The number of rotatable bonds is 3. The van der Waals surface area contributed by atoms with E-state index in [1.54, 1.807) is 23.9 Å². The minimum absolute atomic E-state index is 0.348. The lowest BCUT2D eigenvalue weighted by atomic mass is 10.2. The van der Waals surface area contributed by atoms with Crippen LogP contribution in [0.4, 0.5) is 8.78 Å². The Bertz CT molecular complexity index is 409. The van der Waals surface area contributed by atoms with E-state index in [4.69, 9.17) is 9.47 Å². The molecular formula is C13H14F2O2S. The van der Waals surface area contributed by atoms with Crippen molar-refractivity contribution >= 4 is 17.8 Å². The Hall–Kier alpha value is -0.910. The van der Waals surface area contributed by atoms with Gasteiger partial charge in [-0.1, -0.05) is 6.08 Å². The molecular weight excluding hydrogens is 258 g/mol. The Morgan fingerprint density at radius 1 is 1.17 bits per heavy atom. The Labute approximate surface area is 109 Å². The molecule has 1 aromatic carbocycles. The molecule has 18 heavy (non-hydrogen) atoms. The monoisotopic (exact) mass is 272 g/mol. The summed E-state index contributed by atoms with van der Waals surface area (Å²) in [5.41, 5.74) is 0.451. The third-order valence-corrected chi connectivity index (χ3v) is 3.50. The molecule has 2 rings (SSSR count). The highest BCUT2D eigenvalue weighted by Gasteiger charge is 2.19.